The molecule has 2 N–H and O–H groups in total. The molecule has 2 saturated heterocycles. The van der Waals surface area contributed by atoms with Crippen LogP contribution < -0.4 is 10.2 Å². The number of anilines is 1. The van der Waals surface area contributed by atoms with E-state index >= 15 is 0 Å². The summed E-state index contributed by atoms with van der Waals surface area (Å²) in [6.07, 6.45) is 1.76. The van der Waals surface area contributed by atoms with Crippen molar-refractivity contribution in [2.45, 2.75) is 31.7 Å². The predicted octanol–water partition coefficient (Wildman–Crippen LogP) is -0.0921. The van der Waals surface area contributed by atoms with Gasteiger partial charge in [0.15, 0.2) is 0 Å². The van der Waals surface area contributed by atoms with Crippen molar-refractivity contribution >= 4 is 11.7 Å². The summed E-state index contributed by atoms with van der Waals surface area (Å²) in [6.45, 7) is 6.32. The topological polar surface area (TPSA) is 90.8 Å². The lowest BCUT2D eigenvalue weighted by Crippen LogP contribution is -2.49. The first-order valence-corrected chi connectivity index (χ1v) is 9.37. The van der Waals surface area contributed by atoms with Gasteiger partial charge in [-0.05, 0) is 26.8 Å². The van der Waals surface area contributed by atoms with Crippen molar-refractivity contribution in [2.24, 2.45) is 0 Å². The number of likely N-dealkylation sites (tertiary alicyclic amines) is 1. The summed E-state index contributed by atoms with van der Waals surface area (Å²) in [7, 11) is 1.70. The first kappa shape index (κ1) is 19.0. The maximum atomic E-state index is 12.4. The average molecular weight is 363 g/mol. The highest BCUT2D eigenvalue weighted by molar-refractivity contribution is 5.82. The van der Waals surface area contributed by atoms with Crippen molar-refractivity contribution < 1.29 is 14.6 Å². The van der Waals surface area contributed by atoms with E-state index in [9.17, 15) is 9.90 Å². The normalized spacial score (nSPS) is 20.3. The fraction of sp³-hybridized carbons (Fsp3) is 0.722. The van der Waals surface area contributed by atoms with Gasteiger partial charge in [-0.15, -0.1) is 0 Å². The van der Waals surface area contributed by atoms with Gasteiger partial charge in [0.1, 0.15) is 17.7 Å². The highest BCUT2D eigenvalue weighted by Crippen LogP contribution is 2.29. The van der Waals surface area contributed by atoms with Gasteiger partial charge in [0.25, 0.3) is 0 Å². The molecule has 0 saturated carbocycles. The molecule has 1 amide bonds. The highest BCUT2D eigenvalue weighted by atomic mass is 16.5. The van der Waals surface area contributed by atoms with Crippen molar-refractivity contribution in [3.05, 3.63) is 17.6 Å². The molecule has 1 aromatic heterocycles. The number of likely N-dealkylation sites (N-methyl/N-ethyl adjacent to an activating group) is 1. The highest BCUT2D eigenvalue weighted by Gasteiger charge is 2.29. The lowest BCUT2D eigenvalue weighted by molar-refractivity contribution is -0.135. The van der Waals surface area contributed by atoms with Gasteiger partial charge < -0.3 is 25.0 Å². The summed E-state index contributed by atoms with van der Waals surface area (Å²) in [4.78, 5) is 25.7. The van der Waals surface area contributed by atoms with Crippen molar-refractivity contribution in [3.63, 3.8) is 0 Å². The fourth-order valence-corrected chi connectivity index (χ4v) is 3.65. The fourth-order valence-electron chi connectivity index (χ4n) is 3.65. The van der Waals surface area contributed by atoms with Crippen LogP contribution in [0.2, 0.25) is 0 Å². The first-order valence-electron chi connectivity index (χ1n) is 9.37. The minimum absolute atomic E-state index is 0.0266. The summed E-state index contributed by atoms with van der Waals surface area (Å²) in [6, 6.07) is 1.59. The summed E-state index contributed by atoms with van der Waals surface area (Å²) in [5.41, 5.74) is 1.07. The Hall–Kier alpha value is -1.77. The Labute approximate surface area is 154 Å². The maximum Gasteiger partial charge on any atom is 0.242 e. The van der Waals surface area contributed by atoms with E-state index < -0.39 is 6.04 Å². The number of morpholine rings is 1. The molecule has 0 bridgehead atoms. The molecule has 0 unspecified atom stereocenters. The molecular weight excluding hydrogens is 334 g/mol. The number of carbonyl (C=O) groups excluding carboxylic acids is 1. The van der Waals surface area contributed by atoms with E-state index in [2.05, 4.69) is 26.3 Å². The van der Waals surface area contributed by atoms with E-state index in [-0.39, 0.29) is 12.5 Å². The molecule has 3 rings (SSSR count). The standard InChI is InChI=1S/C18H29N5O3/c1-13-20-15(11-17(21-13)22-7-9-26-10-8-22)14-3-5-23(6-4-14)18(25)16(12-24)19-2/h11,14,16,19,24H,3-10,12H2,1-2H3/t16-/m0/s1. The Morgan fingerprint density at radius 1 is 1.31 bits per heavy atom. The Balaban J connectivity index is 1.65. The number of piperidine rings is 1. The van der Waals surface area contributed by atoms with Crippen molar-refractivity contribution in [3.8, 4) is 0 Å². The van der Waals surface area contributed by atoms with Crippen molar-refractivity contribution in [1.82, 2.24) is 20.2 Å². The second-order valence-electron chi connectivity index (χ2n) is 6.92. The Bertz CT molecular complexity index is 609. The molecule has 0 radical (unpaired) electrons. The van der Waals surface area contributed by atoms with Crippen LogP contribution in [-0.4, -0.2) is 85.0 Å². The Morgan fingerprint density at radius 2 is 2.00 bits per heavy atom. The lowest BCUT2D eigenvalue weighted by Gasteiger charge is -2.34. The molecule has 0 aromatic carbocycles. The number of aryl methyl sites for hydroxylation is 1. The number of hydrogen-bond donors (Lipinski definition) is 2. The first-order chi connectivity index (χ1) is 12.6. The largest absolute Gasteiger partial charge is 0.394 e. The summed E-state index contributed by atoms with van der Waals surface area (Å²) >= 11 is 0. The molecule has 144 valence electrons. The van der Waals surface area contributed by atoms with Crippen LogP contribution in [-0.2, 0) is 9.53 Å². The molecule has 0 aliphatic carbocycles. The number of ether oxygens (including phenoxy) is 1. The number of nitrogens with zero attached hydrogens (tertiary/aromatic N) is 4. The van der Waals surface area contributed by atoms with E-state index in [4.69, 9.17) is 4.74 Å². The van der Waals surface area contributed by atoms with Crippen LogP contribution in [0.1, 0.15) is 30.3 Å². The van der Waals surface area contributed by atoms with Crippen molar-refractivity contribution in [1.29, 1.82) is 0 Å². The summed E-state index contributed by atoms with van der Waals surface area (Å²) < 4.78 is 5.42. The maximum absolute atomic E-state index is 12.4. The van der Waals surface area contributed by atoms with Gasteiger partial charge in [0, 0.05) is 43.9 Å². The van der Waals surface area contributed by atoms with Gasteiger partial charge >= 0.3 is 0 Å². The molecule has 2 fully saturated rings. The Morgan fingerprint density at radius 3 is 2.62 bits per heavy atom. The van der Waals surface area contributed by atoms with Gasteiger partial charge in [0.2, 0.25) is 5.91 Å². The third kappa shape index (κ3) is 4.31. The van der Waals surface area contributed by atoms with Crippen LogP contribution in [0.4, 0.5) is 5.82 Å². The molecule has 3 heterocycles. The van der Waals surface area contributed by atoms with Gasteiger partial charge in [0.05, 0.1) is 19.8 Å². The number of aliphatic hydroxyl groups is 1. The molecule has 0 spiro atoms. The number of nitrogens with one attached hydrogen (secondary N) is 1. The van der Waals surface area contributed by atoms with Crippen molar-refractivity contribution in [2.75, 3.05) is 57.9 Å². The van der Waals surface area contributed by atoms with Gasteiger partial charge in [-0.1, -0.05) is 0 Å². The van der Waals surface area contributed by atoms with Crippen LogP contribution in [0, 0.1) is 6.92 Å². The number of carbonyl (C=O) groups is 1. The number of amides is 1. The Kier molecular flexibility index (Phi) is 6.39. The zero-order valence-electron chi connectivity index (χ0n) is 15.6. The van der Waals surface area contributed by atoms with Crippen LogP contribution in [0.5, 0.6) is 0 Å². The lowest BCUT2D eigenvalue weighted by atomic mass is 9.92. The molecule has 8 heteroatoms. The number of hydrogen-bond acceptors (Lipinski definition) is 7. The van der Waals surface area contributed by atoms with Crippen LogP contribution in [0.15, 0.2) is 6.07 Å². The molecule has 8 nitrogen and oxygen atoms in total. The number of rotatable bonds is 5. The quantitative estimate of drug-likeness (QED) is 0.755. The molecular formula is C18H29N5O3. The second-order valence-corrected chi connectivity index (χ2v) is 6.92. The third-order valence-electron chi connectivity index (χ3n) is 5.23. The van der Waals surface area contributed by atoms with E-state index in [1.54, 1.807) is 7.05 Å². The smallest absolute Gasteiger partial charge is 0.242 e. The van der Waals surface area contributed by atoms with Gasteiger partial charge in [-0.2, -0.15) is 0 Å². The van der Waals surface area contributed by atoms with Gasteiger partial charge in [-0.25, -0.2) is 9.97 Å². The molecule has 2 aliphatic heterocycles. The van der Waals surface area contributed by atoms with E-state index in [0.717, 1.165) is 56.5 Å². The number of aliphatic hydroxyl groups excluding tert-OH is 1. The van der Waals surface area contributed by atoms with Crippen LogP contribution in [0.3, 0.4) is 0 Å². The average Bonchev–Trinajstić information content (AvgIpc) is 2.69. The van der Waals surface area contributed by atoms with E-state index in [1.807, 2.05) is 11.8 Å². The van der Waals surface area contributed by atoms with Crippen LogP contribution in [0.25, 0.3) is 0 Å². The SMILES string of the molecule is CN[C@@H](CO)C(=O)N1CCC(c2cc(N3CCOCC3)nc(C)n2)CC1. The predicted molar refractivity (Wildman–Crippen MR) is 98.3 cm³/mol. The van der Waals surface area contributed by atoms with E-state index in [0.29, 0.717) is 19.0 Å². The number of aromatic nitrogens is 2. The molecule has 1 atom stereocenters. The summed E-state index contributed by atoms with van der Waals surface area (Å²) in [5, 5.41) is 12.2. The van der Waals surface area contributed by atoms with Gasteiger partial charge in [-0.3, -0.25) is 4.79 Å². The second kappa shape index (κ2) is 8.75. The van der Waals surface area contributed by atoms with E-state index in [1.165, 1.54) is 0 Å². The zero-order chi connectivity index (χ0) is 18.5. The molecule has 2 aliphatic rings. The molecule has 1 aromatic rings. The molecule has 26 heavy (non-hydrogen) atoms. The minimum atomic E-state index is -0.513. The monoisotopic (exact) mass is 363 g/mol. The van der Waals surface area contributed by atoms with Crippen LogP contribution >= 0.6 is 0 Å². The summed E-state index contributed by atoms with van der Waals surface area (Å²) in [5.74, 6) is 2.08. The third-order valence-corrected chi connectivity index (χ3v) is 5.23. The minimum Gasteiger partial charge on any atom is -0.394 e. The zero-order valence-corrected chi connectivity index (χ0v) is 15.6.